The molecule has 0 spiro atoms. The van der Waals surface area contributed by atoms with Crippen LogP contribution in [0.4, 0.5) is 0 Å². The Morgan fingerprint density at radius 2 is 1.66 bits per heavy atom. The molecular weight excluding hydrogens is 552 g/mol. The lowest BCUT2D eigenvalue weighted by molar-refractivity contribution is -0.148. The van der Waals surface area contributed by atoms with Crippen molar-refractivity contribution in [3.8, 4) is 11.5 Å². The summed E-state index contributed by atoms with van der Waals surface area (Å²) in [6.45, 7) is 1.14. The fourth-order valence-corrected chi connectivity index (χ4v) is 4.44. The average Bonchev–Trinajstić information content (AvgIpc) is 2.94. The monoisotopic (exact) mass is 580 g/mol. The van der Waals surface area contributed by atoms with E-state index < -0.39 is 17.9 Å². The van der Waals surface area contributed by atoms with Crippen LogP contribution in [0.2, 0.25) is 0 Å². The van der Waals surface area contributed by atoms with Gasteiger partial charge in [0.1, 0.15) is 30.8 Å². The molecule has 0 bridgehead atoms. The predicted molar refractivity (Wildman–Crippen MR) is 145 cm³/mol. The first-order chi connectivity index (χ1) is 18.5. The maximum atomic E-state index is 13.6. The molecule has 1 aliphatic rings. The molecule has 1 fully saturated rings. The minimum absolute atomic E-state index is 0.0288. The summed E-state index contributed by atoms with van der Waals surface area (Å²) in [6, 6.07) is 23.3. The van der Waals surface area contributed by atoms with Crippen LogP contribution in [0, 0.1) is 0 Å². The molecule has 0 saturated carbocycles. The number of hydrogen-bond acceptors (Lipinski definition) is 6. The molecule has 9 heteroatoms. The summed E-state index contributed by atoms with van der Waals surface area (Å²) < 4.78 is 17.5. The van der Waals surface area contributed by atoms with Gasteiger partial charge in [0.15, 0.2) is 0 Å². The van der Waals surface area contributed by atoms with Crippen molar-refractivity contribution in [1.82, 2.24) is 10.2 Å². The number of carbonyl (C=O) groups excluding carboxylic acids is 3. The maximum absolute atomic E-state index is 13.6. The molecule has 0 radical (unpaired) electrons. The van der Waals surface area contributed by atoms with Gasteiger partial charge in [0, 0.05) is 24.0 Å². The van der Waals surface area contributed by atoms with Crippen molar-refractivity contribution in [1.29, 1.82) is 0 Å². The first kappa shape index (κ1) is 27.2. The number of nitrogens with zero attached hydrogens (tertiary/aromatic N) is 1. The number of carbonyl (C=O) groups is 3. The van der Waals surface area contributed by atoms with Gasteiger partial charge >= 0.3 is 5.97 Å². The Balaban J connectivity index is 1.38. The van der Waals surface area contributed by atoms with Gasteiger partial charge in [0.05, 0.1) is 18.6 Å². The van der Waals surface area contributed by atoms with Crippen LogP contribution in [-0.2, 0) is 20.7 Å². The van der Waals surface area contributed by atoms with Crippen molar-refractivity contribution in [2.24, 2.45) is 0 Å². The summed E-state index contributed by atoms with van der Waals surface area (Å²) in [4.78, 5) is 40.3. The molecule has 0 aromatic heterocycles. The van der Waals surface area contributed by atoms with Gasteiger partial charge in [-0.3, -0.25) is 14.4 Å². The molecule has 38 heavy (non-hydrogen) atoms. The maximum Gasteiger partial charge on any atom is 0.308 e. The van der Waals surface area contributed by atoms with Gasteiger partial charge in [0.2, 0.25) is 5.91 Å². The van der Waals surface area contributed by atoms with Crippen molar-refractivity contribution < 1.29 is 28.6 Å². The highest BCUT2D eigenvalue weighted by molar-refractivity contribution is 9.10. The molecule has 1 N–H and O–H groups in total. The quantitative estimate of drug-likeness (QED) is 0.272. The standard InChI is InChI=1S/C29H29BrN2O6/c30-22-11-12-26(37-16-13-21-7-3-1-4-8-21)24(19-22)29(35)32-15-14-31-28(34)25(32)20-27(33)38-18-17-36-23-9-5-2-6-10-23/h1-12,19,25H,13-18,20H2,(H,31,34). The van der Waals surface area contributed by atoms with Crippen LogP contribution in [0.3, 0.4) is 0 Å². The number of amides is 2. The SMILES string of the molecule is O=C(CC1C(=O)NCCN1C(=O)c1cc(Br)ccc1OCCc1ccccc1)OCCOc1ccccc1. The number of benzene rings is 3. The van der Waals surface area contributed by atoms with E-state index in [0.717, 1.165) is 5.56 Å². The Bertz CT molecular complexity index is 1240. The Hall–Kier alpha value is -3.85. The number of rotatable bonds is 11. The third kappa shape index (κ3) is 7.58. The van der Waals surface area contributed by atoms with Crippen molar-refractivity contribution in [3.05, 3.63) is 94.5 Å². The zero-order chi connectivity index (χ0) is 26.7. The number of halogens is 1. The Morgan fingerprint density at radius 1 is 0.921 bits per heavy atom. The fourth-order valence-electron chi connectivity index (χ4n) is 4.08. The van der Waals surface area contributed by atoms with Crippen LogP contribution in [0.25, 0.3) is 0 Å². The van der Waals surface area contributed by atoms with E-state index in [2.05, 4.69) is 21.2 Å². The molecule has 1 atom stereocenters. The summed E-state index contributed by atoms with van der Waals surface area (Å²) in [5, 5.41) is 2.74. The molecule has 1 saturated heterocycles. The largest absolute Gasteiger partial charge is 0.492 e. The number of esters is 1. The summed E-state index contributed by atoms with van der Waals surface area (Å²) in [7, 11) is 0. The number of ether oxygens (including phenoxy) is 3. The Morgan fingerprint density at radius 3 is 2.42 bits per heavy atom. The number of nitrogens with one attached hydrogen (secondary N) is 1. The van der Waals surface area contributed by atoms with E-state index in [1.165, 1.54) is 4.90 Å². The highest BCUT2D eigenvalue weighted by atomic mass is 79.9. The zero-order valence-electron chi connectivity index (χ0n) is 20.8. The summed E-state index contributed by atoms with van der Waals surface area (Å²) in [5.41, 5.74) is 1.44. The normalized spacial score (nSPS) is 14.9. The molecule has 1 unspecified atom stereocenters. The lowest BCUT2D eigenvalue weighted by Gasteiger charge is -2.35. The molecule has 0 aliphatic carbocycles. The number of hydrogen-bond donors (Lipinski definition) is 1. The van der Waals surface area contributed by atoms with E-state index in [4.69, 9.17) is 14.2 Å². The topological polar surface area (TPSA) is 94.2 Å². The first-order valence-corrected chi connectivity index (χ1v) is 13.2. The third-order valence-corrected chi connectivity index (χ3v) is 6.47. The molecular formula is C29H29BrN2O6. The predicted octanol–water partition coefficient (Wildman–Crippen LogP) is 4.02. The Labute approximate surface area is 230 Å². The second kappa shape index (κ2) is 13.6. The van der Waals surface area contributed by atoms with Gasteiger partial charge in [-0.15, -0.1) is 0 Å². The van der Waals surface area contributed by atoms with Gasteiger partial charge in [0.25, 0.3) is 5.91 Å². The lowest BCUT2D eigenvalue weighted by atomic mass is 10.1. The smallest absolute Gasteiger partial charge is 0.308 e. The highest BCUT2D eigenvalue weighted by Gasteiger charge is 2.36. The molecule has 2 amide bonds. The second-order valence-corrected chi connectivity index (χ2v) is 9.53. The van der Waals surface area contributed by atoms with Gasteiger partial charge < -0.3 is 24.4 Å². The minimum atomic E-state index is -0.991. The van der Waals surface area contributed by atoms with E-state index in [-0.39, 0.29) is 32.1 Å². The number of piperazine rings is 1. The third-order valence-electron chi connectivity index (χ3n) is 5.97. The van der Waals surface area contributed by atoms with E-state index in [1.807, 2.05) is 48.5 Å². The van der Waals surface area contributed by atoms with Crippen molar-refractivity contribution in [3.63, 3.8) is 0 Å². The van der Waals surface area contributed by atoms with E-state index >= 15 is 0 Å². The second-order valence-electron chi connectivity index (χ2n) is 8.62. The van der Waals surface area contributed by atoms with E-state index in [0.29, 0.717) is 41.1 Å². The van der Waals surface area contributed by atoms with Crippen LogP contribution in [0.5, 0.6) is 11.5 Å². The Kier molecular flexibility index (Phi) is 9.75. The van der Waals surface area contributed by atoms with E-state index in [1.54, 1.807) is 30.3 Å². The molecule has 4 rings (SSSR count). The molecule has 3 aromatic rings. The summed E-state index contributed by atoms with van der Waals surface area (Å²) in [6.07, 6.45) is 0.417. The first-order valence-electron chi connectivity index (χ1n) is 12.4. The summed E-state index contributed by atoms with van der Waals surface area (Å²) in [5.74, 6) is -0.290. The van der Waals surface area contributed by atoms with E-state index in [9.17, 15) is 14.4 Å². The average molecular weight is 581 g/mol. The van der Waals surface area contributed by atoms with Gasteiger partial charge in [-0.2, -0.15) is 0 Å². The summed E-state index contributed by atoms with van der Waals surface area (Å²) >= 11 is 3.42. The van der Waals surface area contributed by atoms with Gasteiger partial charge in [-0.1, -0.05) is 64.5 Å². The van der Waals surface area contributed by atoms with Crippen molar-refractivity contribution in [2.75, 3.05) is 32.9 Å². The molecule has 8 nitrogen and oxygen atoms in total. The molecule has 1 heterocycles. The van der Waals surface area contributed by atoms with Crippen LogP contribution in [0.15, 0.2) is 83.3 Å². The van der Waals surface area contributed by atoms with Crippen molar-refractivity contribution in [2.45, 2.75) is 18.9 Å². The van der Waals surface area contributed by atoms with Gasteiger partial charge in [-0.05, 0) is 35.9 Å². The van der Waals surface area contributed by atoms with Crippen LogP contribution in [-0.4, -0.2) is 61.6 Å². The number of para-hydroxylation sites is 1. The fraction of sp³-hybridized carbons (Fsp3) is 0.276. The molecule has 198 valence electrons. The van der Waals surface area contributed by atoms with Crippen molar-refractivity contribution >= 4 is 33.7 Å². The van der Waals surface area contributed by atoms with Gasteiger partial charge in [-0.25, -0.2) is 0 Å². The zero-order valence-corrected chi connectivity index (χ0v) is 22.4. The van der Waals surface area contributed by atoms with Crippen LogP contribution >= 0.6 is 15.9 Å². The highest BCUT2D eigenvalue weighted by Crippen LogP contribution is 2.27. The minimum Gasteiger partial charge on any atom is -0.492 e. The van der Waals surface area contributed by atoms with Crippen LogP contribution < -0.4 is 14.8 Å². The molecule has 1 aliphatic heterocycles. The lowest BCUT2D eigenvalue weighted by Crippen LogP contribution is -2.57. The van der Waals surface area contributed by atoms with Crippen LogP contribution in [0.1, 0.15) is 22.3 Å². The molecule has 3 aromatic carbocycles.